The predicted molar refractivity (Wildman–Crippen MR) is 122 cm³/mol. The smallest absolute Gasteiger partial charge is 0.253 e. The van der Waals surface area contributed by atoms with Gasteiger partial charge in [0.1, 0.15) is 17.5 Å². The van der Waals surface area contributed by atoms with E-state index in [1.165, 1.54) is 30.5 Å². The number of nitrogens with two attached hydrogens (primary N) is 3. The fourth-order valence-electron chi connectivity index (χ4n) is 3.67. The molecule has 1 saturated heterocycles. The highest BCUT2D eigenvalue weighted by molar-refractivity contribution is 6.20. The number of amides is 1. The molecule has 9 heteroatoms. The average molecular weight is 443 g/mol. The van der Waals surface area contributed by atoms with Crippen LogP contribution >= 0.6 is 0 Å². The number of nitrogens with one attached hydrogen (secondary N) is 1. The molecule has 0 radical (unpaired) electrons. The molecule has 1 fully saturated rings. The van der Waals surface area contributed by atoms with Gasteiger partial charge < -0.3 is 27.4 Å². The quantitative estimate of drug-likeness (QED) is 0.297. The van der Waals surface area contributed by atoms with E-state index in [0.717, 1.165) is 0 Å². The molecule has 2 aromatic rings. The molecule has 1 amide bonds. The van der Waals surface area contributed by atoms with E-state index in [2.05, 4.69) is 10.3 Å². The van der Waals surface area contributed by atoms with Gasteiger partial charge in [0.25, 0.3) is 5.91 Å². The molecule has 1 heterocycles. The molecule has 0 unspecified atom stereocenters. The minimum absolute atomic E-state index is 0.00527. The summed E-state index contributed by atoms with van der Waals surface area (Å²) in [5, 5.41) is 3.21. The number of piperidine rings is 1. The zero-order valence-electron chi connectivity index (χ0n) is 17.9. The van der Waals surface area contributed by atoms with Crippen molar-refractivity contribution in [2.75, 3.05) is 24.5 Å². The summed E-state index contributed by atoms with van der Waals surface area (Å²) in [4.78, 5) is 18.1. The second-order valence-electron chi connectivity index (χ2n) is 7.92. The topological polar surface area (TPSA) is 123 Å². The number of primary amides is 1. The van der Waals surface area contributed by atoms with E-state index in [1.807, 2.05) is 11.0 Å². The molecule has 1 aliphatic rings. The summed E-state index contributed by atoms with van der Waals surface area (Å²) in [6.07, 6.45) is 2.67. The second-order valence-corrected chi connectivity index (χ2v) is 7.92. The summed E-state index contributed by atoms with van der Waals surface area (Å²) >= 11 is 0. The van der Waals surface area contributed by atoms with Crippen LogP contribution < -0.4 is 27.4 Å². The van der Waals surface area contributed by atoms with Crippen LogP contribution in [-0.4, -0.2) is 36.9 Å². The third kappa shape index (κ3) is 5.23. The Morgan fingerprint density at radius 2 is 1.81 bits per heavy atom. The van der Waals surface area contributed by atoms with Crippen LogP contribution in [0, 0.1) is 18.6 Å². The summed E-state index contributed by atoms with van der Waals surface area (Å²) < 4.78 is 27.6. The van der Waals surface area contributed by atoms with Crippen LogP contribution in [0.4, 0.5) is 20.2 Å². The summed E-state index contributed by atoms with van der Waals surface area (Å²) in [6, 6.07) is 10.7. The lowest BCUT2D eigenvalue weighted by molar-refractivity contribution is -0.114. The third-order valence-corrected chi connectivity index (χ3v) is 5.76. The van der Waals surface area contributed by atoms with Crippen LogP contribution in [-0.2, 0) is 4.79 Å². The van der Waals surface area contributed by atoms with Crippen LogP contribution in [0.3, 0.4) is 0 Å². The molecule has 0 aromatic heterocycles. The number of anilines is 1. The maximum Gasteiger partial charge on any atom is 0.253 e. The molecule has 7 nitrogen and oxygen atoms in total. The number of halogens is 2. The van der Waals surface area contributed by atoms with E-state index in [0.29, 0.717) is 49.4 Å². The molecule has 7 N–H and O–H groups in total. The van der Waals surface area contributed by atoms with Gasteiger partial charge in [0.2, 0.25) is 0 Å². The van der Waals surface area contributed by atoms with E-state index in [1.54, 1.807) is 19.1 Å². The van der Waals surface area contributed by atoms with Gasteiger partial charge in [-0.2, -0.15) is 0 Å². The van der Waals surface area contributed by atoms with Crippen molar-refractivity contribution in [3.8, 4) is 0 Å². The molecule has 3 rings (SSSR count). The van der Waals surface area contributed by atoms with Crippen molar-refractivity contribution < 1.29 is 13.6 Å². The van der Waals surface area contributed by atoms with Gasteiger partial charge in [-0.1, -0.05) is 12.1 Å². The van der Waals surface area contributed by atoms with Crippen molar-refractivity contribution >= 4 is 23.1 Å². The van der Waals surface area contributed by atoms with E-state index in [-0.39, 0.29) is 17.2 Å². The molecular weight excluding hydrogens is 414 g/mol. The van der Waals surface area contributed by atoms with Crippen LogP contribution in [0.5, 0.6) is 0 Å². The first kappa shape index (κ1) is 23.2. The van der Waals surface area contributed by atoms with Crippen LogP contribution in [0.15, 0.2) is 59.2 Å². The Bertz CT molecular complexity index is 1030. The molecule has 2 aromatic carbocycles. The van der Waals surface area contributed by atoms with Crippen molar-refractivity contribution in [3.05, 3.63) is 71.4 Å². The lowest BCUT2D eigenvalue weighted by atomic mass is 9.87. The Labute approximate surface area is 186 Å². The molecule has 0 spiro atoms. The number of aryl methyl sites for hydroxylation is 1. The normalized spacial score (nSPS) is 16.7. The van der Waals surface area contributed by atoms with Crippen LogP contribution in [0.25, 0.3) is 0 Å². The number of rotatable bonds is 7. The largest absolute Gasteiger partial charge is 0.383 e. The standard InChI is InChI=1S/C23H28F2N6O/c1-15-3-2-4-19(20(15)25)31-11-9-23(14-26,10-12-31)29-13-18(22(28)32)21(27)30-17-7-5-16(24)6-8-17/h2-8,13,29H,9-12,14,26H2,1H3,(H2,27,30)(H2,28,32)/b18-13+. The van der Waals surface area contributed by atoms with Crippen molar-refractivity contribution in [2.24, 2.45) is 22.2 Å². The fourth-order valence-corrected chi connectivity index (χ4v) is 3.67. The Kier molecular flexibility index (Phi) is 7.09. The molecule has 0 aliphatic carbocycles. The van der Waals surface area contributed by atoms with Gasteiger partial charge in [0.05, 0.1) is 22.5 Å². The number of hydrogen-bond donors (Lipinski definition) is 4. The van der Waals surface area contributed by atoms with E-state index in [9.17, 15) is 13.6 Å². The summed E-state index contributed by atoms with van der Waals surface area (Å²) in [7, 11) is 0. The van der Waals surface area contributed by atoms with Crippen LogP contribution in [0.2, 0.25) is 0 Å². The molecule has 0 saturated carbocycles. The zero-order chi connectivity index (χ0) is 23.3. The van der Waals surface area contributed by atoms with Gasteiger partial charge in [-0.15, -0.1) is 0 Å². The highest BCUT2D eigenvalue weighted by atomic mass is 19.1. The number of carbonyl (C=O) groups is 1. The number of aliphatic imine (C=N–C) groups is 1. The Morgan fingerprint density at radius 1 is 1.16 bits per heavy atom. The first-order valence-corrected chi connectivity index (χ1v) is 10.3. The minimum Gasteiger partial charge on any atom is -0.383 e. The number of amidine groups is 1. The molecule has 0 bridgehead atoms. The Morgan fingerprint density at radius 3 is 2.41 bits per heavy atom. The van der Waals surface area contributed by atoms with Gasteiger partial charge in [0.15, 0.2) is 0 Å². The number of nitrogens with zero attached hydrogens (tertiary/aromatic N) is 2. The third-order valence-electron chi connectivity index (χ3n) is 5.76. The molecule has 1 aliphatic heterocycles. The van der Waals surface area contributed by atoms with E-state index < -0.39 is 17.3 Å². The molecule has 32 heavy (non-hydrogen) atoms. The first-order valence-electron chi connectivity index (χ1n) is 10.3. The van der Waals surface area contributed by atoms with Gasteiger partial charge in [0, 0.05) is 25.8 Å². The van der Waals surface area contributed by atoms with E-state index >= 15 is 0 Å². The van der Waals surface area contributed by atoms with Gasteiger partial charge in [-0.05, 0) is 55.7 Å². The molecular formula is C23H28F2N6O. The average Bonchev–Trinajstić information content (AvgIpc) is 2.78. The lowest BCUT2D eigenvalue weighted by Gasteiger charge is -2.42. The zero-order valence-corrected chi connectivity index (χ0v) is 17.9. The minimum atomic E-state index is -0.757. The predicted octanol–water partition coefficient (Wildman–Crippen LogP) is 2.22. The van der Waals surface area contributed by atoms with Crippen molar-refractivity contribution in [1.82, 2.24) is 5.32 Å². The highest BCUT2D eigenvalue weighted by Crippen LogP contribution is 2.29. The summed E-state index contributed by atoms with van der Waals surface area (Å²) in [5.74, 6) is -1.48. The monoisotopic (exact) mass is 442 g/mol. The van der Waals surface area contributed by atoms with Crippen molar-refractivity contribution in [1.29, 1.82) is 0 Å². The first-order chi connectivity index (χ1) is 15.2. The Balaban J connectivity index is 1.75. The van der Waals surface area contributed by atoms with E-state index in [4.69, 9.17) is 17.2 Å². The van der Waals surface area contributed by atoms with Crippen molar-refractivity contribution in [3.63, 3.8) is 0 Å². The number of benzene rings is 2. The highest BCUT2D eigenvalue weighted by Gasteiger charge is 2.33. The Hall–Kier alpha value is -3.46. The van der Waals surface area contributed by atoms with Crippen LogP contribution in [0.1, 0.15) is 18.4 Å². The van der Waals surface area contributed by atoms with Gasteiger partial charge >= 0.3 is 0 Å². The summed E-state index contributed by atoms with van der Waals surface area (Å²) in [5.41, 5.74) is 18.6. The maximum absolute atomic E-state index is 14.5. The summed E-state index contributed by atoms with van der Waals surface area (Å²) in [6.45, 7) is 3.21. The van der Waals surface area contributed by atoms with Gasteiger partial charge in [-0.25, -0.2) is 13.8 Å². The number of carbonyl (C=O) groups excluding carboxylic acids is 1. The SMILES string of the molecule is Cc1cccc(N2CCC(CN)(N/C=C(/C(N)=O)C(N)=Nc3ccc(F)cc3)CC2)c1F. The number of hydrogen-bond acceptors (Lipinski definition) is 5. The van der Waals surface area contributed by atoms with Gasteiger partial charge in [-0.3, -0.25) is 4.79 Å². The fraction of sp³-hybridized carbons (Fsp3) is 0.304. The lowest BCUT2D eigenvalue weighted by Crippen LogP contribution is -2.56. The second kappa shape index (κ2) is 9.78. The van der Waals surface area contributed by atoms with Crippen molar-refractivity contribution in [2.45, 2.75) is 25.3 Å². The molecule has 170 valence electrons. The maximum atomic E-state index is 14.5. The molecule has 0 atom stereocenters.